The third-order valence-electron chi connectivity index (χ3n) is 5.22. The number of unbranched alkanes of at least 4 members (excludes halogenated alkanes) is 9. The van der Waals surface area contributed by atoms with Gasteiger partial charge in [0.05, 0.1) is 24.4 Å². The van der Waals surface area contributed by atoms with Crippen molar-refractivity contribution >= 4 is 5.97 Å². The molecule has 1 aliphatic rings. The Morgan fingerprint density at radius 1 is 0.846 bits per heavy atom. The molecule has 1 aliphatic heterocycles. The van der Waals surface area contributed by atoms with Crippen LogP contribution in [0.15, 0.2) is 30.3 Å². The largest absolute Gasteiger partial charge is 0.462 e. The Morgan fingerprint density at radius 3 is 2.00 bits per heavy atom. The first-order valence-corrected chi connectivity index (χ1v) is 10.7. The number of carbonyl (C=O) groups is 1. The molecule has 0 saturated carbocycles. The highest BCUT2D eigenvalue weighted by Gasteiger charge is 2.35. The van der Waals surface area contributed by atoms with Crippen molar-refractivity contribution in [1.29, 1.82) is 0 Å². The van der Waals surface area contributed by atoms with Gasteiger partial charge < -0.3 is 9.47 Å². The second-order valence-corrected chi connectivity index (χ2v) is 7.45. The summed E-state index contributed by atoms with van der Waals surface area (Å²) in [4.78, 5) is 11.8. The summed E-state index contributed by atoms with van der Waals surface area (Å²) in [6.45, 7) is 2.75. The van der Waals surface area contributed by atoms with Crippen molar-refractivity contribution in [2.24, 2.45) is 0 Å². The molecule has 0 aromatic heterocycles. The molecule has 0 N–H and O–H groups in total. The zero-order valence-electron chi connectivity index (χ0n) is 16.5. The summed E-state index contributed by atoms with van der Waals surface area (Å²) >= 11 is 0. The van der Waals surface area contributed by atoms with Crippen molar-refractivity contribution < 1.29 is 14.3 Å². The summed E-state index contributed by atoms with van der Waals surface area (Å²) in [5, 5.41) is 0. The Bertz CT molecular complexity index is 485. The Morgan fingerprint density at radius 2 is 1.42 bits per heavy atom. The molecule has 3 nitrogen and oxygen atoms in total. The van der Waals surface area contributed by atoms with Gasteiger partial charge in [-0.25, -0.2) is 4.79 Å². The molecule has 0 aliphatic carbocycles. The van der Waals surface area contributed by atoms with E-state index >= 15 is 0 Å². The van der Waals surface area contributed by atoms with Crippen LogP contribution in [0, 0.1) is 0 Å². The van der Waals surface area contributed by atoms with E-state index in [0.717, 1.165) is 12.8 Å². The molecular weight excluding hydrogens is 324 g/mol. The van der Waals surface area contributed by atoms with E-state index in [1.54, 1.807) is 12.1 Å². The van der Waals surface area contributed by atoms with Crippen molar-refractivity contribution in [1.82, 2.24) is 0 Å². The van der Waals surface area contributed by atoms with Crippen molar-refractivity contribution in [2.75, 3.05) is 6.61 Å². The fourth-order valence-electron chi connectivity index (χ4n) is 3.48. The van der Waals surface area contributed by atoms with Crippen LogP contribution in [0.4, 0.5) is 0 Å². The number of rotatable bonds is 15. The molecule has 26 heavy (non-hydrogen) atoms. The molecule has 3 heteroatoms. The first kappa shape index (κ1) is 21.0. The monoisotopic (exact) mass is 360 g/mol. The van der Waals surface area contributed by atoms with Gasteiger partial charge in [-0.05, 0) is 31.4 Å². The fourth-order valence-corrected chi connectivity index (χ4v) is 3.48. The minimum atomic E-state index is -0.205. The van der Waals surface area contributed by atoms with Gasteiger partial charge in [-0.3, -0.25) is 0 Å². The van der Waals surface area contributed by atoms with E-state index in [4.69, 9.17) is 9.47 Å². The molecule has 0 spiro atoms. The van der Waals surface area contributed by atoms with Gasteiger partial charge in [-0.2, -0.15) is 0 Å². The van der Waals surface area contributed by atoms with Crippen LogP contribution in [-0.4, -0.2) is 24.8 Å². The maximum absolute atomic E-state index is 11.8. The lowest BCUT2D eigenvalue weighted by Gasteiger charge is -2.05. The van der Waals surface area contributed by atoms with Crippen LogP contribution in [0.25, 0.3) is 0 Å². The molecule has 1 aromatic carbocycles. The van der Waals surface area contributed by atoms with Crippen molar-refractivity contribution in [2.45, 2.75) is 96.2 Å². The maximum Gasteiger partial charge on any atom is 0.338 e. The fraction of sp³-hybridized carbons (Fsp3) is 0.696. The number of carbonyl (C=O) groups excluding carboxylic acids is 1. The van der Waals surface area contributed by atoms with Crippen LogP contribution in [0.5, 0.6) is 0 Å². The van der Waals surface area contributed by atoms with Crippen molar-refractivity contribution in [3.8, 4) is 0 Å². The highest BCUT2D eigenvalue weighted by Crippen LogP contribution is 2.29. The summed E-state index contributed by atoms with van der Waals surface area (Å²) in [5.74, 6) is -0.205. The Balaban J connectivity index is 1.29. The second kappa shape index (κ2) is 12.9. The normalized spacial score (nSPS) is 18.7. The van der Waals surface area contributed by atoms with E-state index in [1.807, 2.05) is 18.2 Å². The van der Waals surface area contributed by atoms with Gasteiger partial charge in [0.2, 0.25) is 0 Å². The molecule has 1 fully saturated rings. The number of ether oxygens (including phenoxy) is 2. The Kier molecular flexibility index (Phi) is 10.4. The third-order valence-corrected chi connectivity index (χ3v) is 5.22. The van der Waals surface area contributed by atoms with Crippen molar-refractivity contribution in [3.63, 3.8) is 0 Å². The Labute approximate surface area is 159 Å². The number of epoxide rings is 1. The standard InChI is InChI=1S/C23H36O3/c1-2-21-22(26-21)18-14-9-7-5-3-4-6-8-10-15-19-25-23(24)20-16-12-11-13-17-20/h11-13,16-17,21-22H,2-10,14-15,18-19H2,1H3. The molecule has 0 radical (unpaired) electrons. The molecule has 1 saturated heterocycles. The van der Waals surface area contributed by atoms with E-state index in [-0.39, 0.29) is 5.97 Å². The van der Waals surface area contributed by atoms with Gasteiger partial charge in [0, 0.05) is 0 Å². The first-order chi connectivity index (χ1) is 12.8. The van der Waals surface area contributed by atoms with Crippen LogP contribution >= 0.6 is 0 Å². The number of benzene rings is 1. The first-order valence-electron chi connectivity index (χ1n) is 10.7. The number of esters is 1. The highest BCUT2D eigenvalue weighted by molar-refractivity contribution is 5.89. The zero-order valence-corrected chi connectivity index (χ0v) is 16.5. The van der Waals surface area contributed by atoms with Crippen LogP contribution < -0.4 is 0 Å². The average molecular weight is 361 g/mol. The van der Waals surface area contributed by atoms with Gasteiger partial charge in [0.15, 0.2) is 0 Å². The third kappa shape index (κ3) is 8.84. The van der Waals surface area contributed by atoms with E-state index in [0.29, 0.717) is 24.4 Å². The summed E-state index contributed by atoms with van der Waals surface area (Å²) in [5.41, 5.74) is 0.641. The van der Waals surface area contributed by atoms with Crippen molar-refractivity contribution in [3.05, 3.63) is 35.9 Å². The molecule has 2 rings (SSSR count). The summed E-state index contributed by atoms with van der Waals surface area (Å²) in [6.07, 6.45) is 16.5. The molecule has 1 heterocycles. The maximum atomic E-state index is 11.8. The van der Waals surface area contributed by atoms with E-state index in [2.05, 4.69) is 6.92 Å². The molecule has 0 bridgehead atoms. The topological polar surface area (TPSA) is 38.8 Å². The second-order valence-electron chi connectivity index (χ2n) is 7.45. The highest BCUT2D eigenvalue weighted by atomic mass is 16.6. The van der Waals surface area contributed by atoms with E-state index in [9.17, 15) is 4.79 Å². The summed E-state index contributed by atoms with van der Waals surface area (Å²) < 4.78 is 10.9. The van der Waals surface area contributed by atoms with E-state index in [1.165, 1.54) is 64.2 Å². The lowest BCUT2D eigenvalue weighted by atomic mass is 10.0. The lowest BCUT2D eigenvalue weighted by Crippen LogP contribution is -2.06. The molecule has 2 unspecified atom stereocenters. The summed E-state index contributed by atoms with van der Waals surface area (Å²) in [6, 6.07) is 9.22. The number of hydrogen-bond donors (Lipinski definition) is 0. The average Bonchev–Trinajstić information content (AvgIpc) is 3.44. The predicted octanol–water partition coefficient (Wildman–Crippen LogP) is 6.31. The van der Waals surface area contributed by atoms with Crippen LogP contribution in [0.2, 0.25) is 0 Å². The number of hydrogen-bond acceptors (Lipinski definition) is 3. The predicted molar refractivity (Wildman–Crippen MR) is 106 cm³/mol. The lowest BCUT2D eigenvalue weighted by molar-refractivity contribution is 0.0497. The zero-order chi connectivity index (χ0) is 18.5. The van der Waals surface area contributed by atoms with E-state index < -0.39 is 0 Å². The van der Waals surface area contributed by atoms with Gasteiger partial charge in [0.1, 0.15) is 0 Å². The molecule has 0 amide bonds. The van der Waals surface area contributed by atoms with Gasteiger partial charge >= 0.3 is 5.97 Å². The minimum absolute atomic E-state index is 0.205. The van der Waals surface area contributed by atoms with Crippen LogP contribution in [0.3, 0.4) is 0 Å². The SMILES string of the molecule is CCC1OC1CCCCCCCCCCCCOC(=O)c1ccccc1. The van der Waals surface area contributed by atoms with Gasteiger partial charge in [-0.15, -0.1) is 0 Å². The Hall–Kier alpha value is -1.35. The minimum Gasteiger partial charge on any atom is -0.462 e. The van der Waals surface area contributed by atoms with Gasteiger partial charge in [-0.1, -0.05) is 82.9 Å². The molecular formula is C23H36O3. The van der Waals surface area contributed by atoms with Gasteiger partial charge in [0.25, 0.3) is 0 Å². The smallest absolute Gasteiger partial charge is 0.338 e. The molecule has 2 atom stereocenters. The quantitative estimate of drug-likeness (QED) is 0.209. The van der Waals surface area contributed by atoms with Crippen LogP contribution in [-0.2, 0) is 9.47 Å². The summed E-state index contributed by atoms with van der Waals surface area (Å²) in [7, 11) is 0. The van der Waals surface area contributed by atoms with Crippen LogP contribution in [0.1, 0.15) is 94.3 Å². The molecule has 146 valence electrons. The molecule has 1 aromatic rings.